The highest BCUT2D eigenvalue weighted by Crippen LogP contribution is 2.46. The second kappa shape index (κ2) is 8.68. The Bertz CT molecular complexity index is 2040. The van der Waals surface area contributed by atoms with Gasteiger partial charge in [-0.15, -0.1) is 11.3 Å². The molecule has 3 aromatic heterocycles. The highest BCUT2D eigenvalue weighted by atomic mass is 32.1. The van der Waals surface area contributed by atoms with Crippen molar-refractivity contribution < 1.29 is 17.6 Å². The summed E-state index contributed by atoms with van der Waals surface area (Å²) < 4.78 is 47.2. The number of benzene rings is 3. The lowest BCUT2D eigenvalue weighted by Gasteiger charge is -2.12. The Morgan fingerprint density at radius 3 is 2.46 bits per heavy atom. The molecule has 0 atom stereocenters. The molecule has 1 aliphatic carbocycles. The summed E-state index contributed by atoms with van der Waals surface area (Å²) in [6.45, 7) is 0. The molecule has 0 bridgehead atoms. The molecule has 3 aromatic carbocycles. The van der Waals surface area contributed by atoms with Crippen molar-refractivity contribution in [1.82, 2.24) is 4.40 Å². The first-order chi connectivity index (χ1) is 18.8. The first-order valence-electron chi connectivity index (χ1n) is 12.6. The number of alkyl halides is 3. The number of fused-ring (bicyclic) bond motifs is 4. The summed E-state index contributed by atoms with van der Waals surface area (Å²) in [6, 6.07) is 22.1. The highest BCUT2D eigenvalue weighted by molar-refractivity contribution is 7.24. The summed E-state index contributed by atoms with van der Waals surface area (Å²) in [7, 11) is 0. The van der Waals surface area contributed by atoms with Gasteiger partial charge in [-0.2, -0.15) is 13.2 Å². The Kier molecular flexibility index (Phi) is 5.32. The van der Waals surface area contributed by atoms with Gasteiger partial charge in [0.25, 0.3) is 5.56 Å². The zero-order valence-corrected chi connectivity index (χ0v) is 21.2. The molecule has 0 aliphatic heterocycles. The number of pyridine rings is 1. The number of halogens is 3. The fourth-order valence-electron chi connectivity index (χ4n) is 5.41. The molecule has 39 heavy (non-hydrogen) atoms. The standard InChI is InChI=1S/C31H20F3NO3S/c32-31(33,34)22-9-4-8-20(14-22)24-16-25-28(30(37)38-24)35-26(36)15-21(27(18-11-12-18)29(35)39-25)13-19-7-3-6-17-5-1-2-10-23(17)19/h1-10,14-16,18H,11-13H2. The average molecular weight is 544 g/mol. The monoisotopic (exact) mass is 543 g/mol. The van der Waals surface area contributed by atoms with Crippen LogP contribution in [0.3, 0.4) is 0 Å². The summed E-state index contributed by atoms with van der Waals surface area (Å²) in [5.41, 5.74) is 1.47. The van der Waals surface area contributed by atoms with Gasteiger partial charge >= 0.3 is 11.8 Å². The summed E-state index contributed by atoms with van der Waals surface area (Å²) in [5.74, 6) is 0.316. The lowest BCUT2D eigenvalue weighted by atomic mass is 9.95. The number of nitrogens with zero attached hydrogens (tertiary/aromatic N) is 1. The smallest absolute Gasteiger partial charge is 0.416 e. The Balaban J connectivity index is 1.42. The fraction of sp³-hybridized carbons (Fsp3) is 0.161. The van der Waals surface area contributed by atoms with E-state index in [2.05, 4.69) is 24.3 Å². The largest absolute Gasteiger partial charge is 0.421 e. The maximum Gasteiger partial charge on any atom is 0.416 e. The van der Waals surface area contributed by atoms with E-state index < -0.39 is 17.4 Å². The molecule has 1 saturated carbocycles. The molecule has 6 aromatic rings. The third kappa shape index (κ3) is 4.06. The Labute approximate surface area is 223 Å². The van der Waals surface area contributed by atoms with Gasteiger partial charge in [0.15, 0.2) is 5.52 Å². The van der Waals surface area contributed by atoms with E-state index in [-0.39, 0.29) is 28.3 Å². The SMILES string of the molecule is O=c1oc(-c2cccc(C(F)(F)F)c2)cc2sc3c(C4CC4)c(Cc4cccc5ccccc45)cc(=O)n3c12. The third-order valence-electron chi connectivity index (χ3n) is 7.34. The summed E-state index contributed by atoms with van der Waals surface area (Å²) in [6.07, 6.45) is -1.95. The predicted molar refractivity (Wildman–Crippen MR) is 147 cm³/mol. The molecule has 0 unspecified atom stereocenters. The van der Waals surface area contributed by atoms with Crippen molar-refractivity contribution in [3.8, 4) is 11.3 Å². The van der Waals surface area contributed by atoms with Crippen molar-refractivity contribution in [3.63, 3.8) is 0 Å². The van der Waals surface area contributed by atoms with Crippen molar-refractivity contribution in [2.45, 2.75) is 31.4 Å². The summed E-state index contributed by atoms with van der Waals surface area (Å²) >= 11 is 1.31. The van der Waals surface area contributed by atoms with Gasteiger partial charge in [-0.1, -0.05) is 54.6 Å². The molecule has 3 heterocycles. The molecule has 4 nitrogen and oxygen atoms in total. The van der Waals surface area contributed by atoms with Gasteiger partial charge in [0.1, 0.15) is 10.6 Å². The van der Waals surface area contributed by atoms with Crippen molar-refractivity contribution >= 4 is 37.2 Å². The van der Waals surface area contributed by atoms with E-state index in [9.17, 15) is 22.8 Å². The number of hydrogen-bond acceptors (Lipinski definition) is 4. The molecule has 0 spiro atoms. The van der Waals surface area contributed by atoms with E-state index in [1.807, 2.05) is 18.2 Å². The molecular formula is C31H20F3NO3S. The van der Waals surface area contributed by atoms with Crippen LogP contribution in [0.2, 0.25) is 0 Å². The minimum atomic E-state index is -4.52. The zero-order valence-electron chi connectivity index (χ0n) is 20.4. The van der Waals surface area contributed by atoms with Crippen LogP contribution in [-0.2, 0) is 12.6 Å². The number of aromatic nitrogens is 1. The lowest BCUT2D eigenvalue weighted by Crippen LogP contribution is -2.18. The highest BCUT2D eigenvalue weighted by Gasteiger charge is 2.32. The molecular weight excluding hydrogens is 523 g/mol. The van der Waals surface area contributed by atoms with Crippen LogP contribution in [0.25, 0.3) is 37.1 Å². The second-order valence-electron chi connectivity index (χ2n) is 9.94. The molecule has 0 saturated heterocycles. The van der Waals surface area contributed by atoms with Gasteiger partial charge in [0.2, 0.25) is 0 Å². The van der Waals surface area contributed by atoms with Crippen LogP contribution in [0.4, 0.5) is 13.2 Å². The van der Waals surface area contributed by atoms with Crippen LogP contribution in [0.5, 0.6) is 0 Å². The maximum atomic E-state index is 13.4. The lowest BCUT2D eigenvalue weighted by molar-refractivity contribution is -0.137. The van der Waals surface area contributed by atoms with Gasteiger partial charge in [0.05, 0.1) is 10.3 Å². The Morgan fingerprint density at radius 1 is 0.897 bits per heavy atom. The molecule has 7 rings (SSSR count). The van der Waals surface area contributed by atoms with Crippen LogP contribution in [0.15, 0.2) is 92.9 Å². The zero-order chi connectivity index (χ0) is 26.9. The first kappa shape index (κ1) is 23.9. The summed E-state index contributed by atoms with van der Waals surface area (Å²) in [5, 5.41) is 2.26. The molecule has 0 N–H and O–H groups in total. The Morgan fingerprint density at radius 2 is 1.67 bits per heavy atom. The van der Waals surface area contributed by atoms with Crippen molar-refractivity contribution in [3.05, 3.63) is 122 Å². The van der Waals surface area contributed by atoms with E-state index in [4.69, 9.17) is 4.42 Å². The first-order valence-corrected chi connectivity index (χ1v) is 13.4. The molecule has 194 valence electrons. The quantitative estimate of drug-likeness (QED) is 0.228. The third-order valence-corrected chi connectivity index (χ3v) is 8.47. The minimum Gasteiger partial charge on any atom is -0.421 e. The van der Waals surface area contributed by atoms with E-state index >= 15 is 0 Å². The van der Waals surface area contributed by atoms with Gasteiger partial charge in [-0.05, 0) is 64.8 Å². The van der Waals surface area contributed by atoms with Crippen LogP contribution in [0.1, 0.15) is 41.0 Å². The molecule has 0 amide bonds. The fourth-order valence-corrected chi connectivity index (χ4v) is 6.73. The number of rotatable bonds is 4. The van der Waals surface area contributed by atoms with Gasteiger partial charge in [-0.3, -0.25) is 9.20 Å². The Hall–Kier alpha value is -4.17. The van der Waals surface area contributed by atoms with E-state index in [0.717, 1.165) is 52.4 Å². The summed E-state index contributed by atoms with van der Waals surface area (Å²) in [4.78, 5) is 27.3. The van der Waals surface area contributed by atoms with E-state index in [1.54, 1.807) is 12.1 Å². The van der Waals surface area contributed by atoms with Crippen molar-refractivity contribution in [2.24, 2.45) is 0 Å². The van der Waals surface area contributed by atoms with E-state index in [0.29, 0.717) is 16.0 Å². The molecule has 1 aliphatic rings. The molecule has 0 radical (unpaired) electrons. The minimum absolute atomic E-state index is 0.0298. The average Bonchev–Trinajstić information content (AvgIpc) is 3.67. The van der Waals surface area contributed by atoms with Crippen molar-refractivity contribution in [2.75, 3.05) is 0 Å². The van der Waals surface area contributed by atoms with Crippen LogP contribution in [0, 0.1) is 0 Å². The molecule has 8 heteroatoms. The number of thiazole rings is 1. The van der Waals surface area contributed by atoms with Crippen LogP contribution < -0.4 is 11.2 Å². The van der Waals surface area contributed by atoms with Gasteiger partial charge in [0, 0.05) is 17.7 Å². The predicted octanol–water partition coefficient (Wildman–Crippen LogP) is 7.77. The van der Waals surface area contributed by atoms with Crippen molar-refractivity contribution in [1.29, 1.82) is 0 Å². The molecule has 1 fully saturated rings. The number of hydrogen-bond donors (Lipinski definition) is 0. The topological polar surface area (TPSA) is 51.7 Å². The second-order valence-corrected chi connectivity index (χ2v) is 11.0. The normalized spacial score (nSPS) is 14.0. The van der Waals surface area contributed by atoms with Gasteiger partial charge < -0.3 is 4.42 Å². The maximum absolute atomic E-state index is 13.4. The van der Waals surface area contributed by atoms with Crippen LogP contribution >= 0.6 is 11.3 Å². The van der Waals surface area contributed by atoms with Crippen LogP contribution in [-0.4, -0.2) is 4.40 Å². The van der Waals surface area contributed by atoms with E-state index in [1.165, 1.54) is 27.9 Å². The van der Waals surface area contributed by atoms with Gasteiger partial charge in [-0.25, -0.2) is 4.79 Å².